The molecule has 2 aliphatic rings. The van der Waals surface area contributed by atoms with E-state index in [1.165, 1.54) is 11.2 Å². The average Bonchev–Trinajstić information content (AvgIpc) is 3.55. The number of methoxy groups -OCH3 is 1. The first-order valence-corrected chi connectivity index (χ1v) is 12.5. The Bertz CT molecular complexity index is 1380. The lowest BCUT2D eigenvalue weighted by Gasteiger charge is -2.25. The largest absolute Gasteiger partial charge is 0.497 e. The molecule has 3 heterocycles. The lowest BCUT2D eigenvalue weighted by atomic mass is 10.1. The van der Waals surface area contributed by atoms with E-state index in [2.05, 4.69) is 20.6 Å². The number of amides is 3. The van der Waals surface area contributed by atoms with Crippen LogP contribution < -0.4 is 15.4 Å². The van der Waals surface area contributed by atoms with Gasteiger partial charge in [0.1, 0.15) is 23.4 Å². The van der Waals surface area contributed by atoms with Gasteiger partial charge in [0, 0.05) is 11.3 Å². The normalized spacial score (nSPS) is 15.9. The van der Waals surface area contributed by atoms with Gasteiger partial charge in [-0.05, 0) is 48.5 Å². The number of benzene rings is 2. The van der Waals surface area contributed by atoms with Crippen LogP contribution in [0, 0.1) is 0 Å². The monoisotopic (exact) mass is 517 g/mol. The van der Waals surface area contributed by atoms with Crippen molar-refractivity contribution in [3.8, 4) is 5.75 Å². The highest BCUT2D eigenvalue weighted by molar-refractivity contribution is 8.14. The molecule has 0 unspecified atom stereocenters. The molecule has 0 spiro atoms. The number of rotatable bonds is 8. The molecule has 0 bridgehead atoms. The zero-order chi connectivity index (χ0) is 25.8. The minimum absolute atomic E-state index is 0.0262. The third-order valence-corrected chi connectivity index (χ3v) is 6.61. The number of fused-ring (bicyclic) bond motifs is 3. The summed E-state index contributed by atoms with van der Waals surface area (Å²) in [5.74, 6) is 0.817. The zero-order valence-electron chi connectivity index (χ0n) is 19.8. The number of hydrogen-bond donors (Lipinski definition) is 2. The molecular formula is C26H23N5O5S. The molecule has 0 fully saturated rings. The minimum Gasteiger partial charge on any atom is -0.497 e. The number of carbonyl (C=O) groups excluding carboxylic acids is 3. The first-order valence-electron chi connectivity index (χ1n) is 11.5. The molecule has 2 aromatic carbocycles. The molecule has 0 radical (unpaired) electrons. The first-order chi connectivity index (χ1) is 18.0. The minimum atomic E-state index is -0.892. The van der Waals surface area contributed by atoms with Crippen molar-refractivity contribution in [2.45, 2.75) is 19.0 Å². The molecule has 5 rings (SSSR count). The molecule has 3 aromatic rings. The predicted molar refractivity (Wildman–Crippen MR) is 140 cm³/mol. The van der Waals surface area contributed by atoms with Crippen molar-refractivity contribution in [1.82, 2.24) is 10.2 Å². The van der Waals surface area contributed by atoms with Crippen LogP contribution in [0.3, 0.4) is 0 Å². The summed E-state index contributed by atoms with van der Waals surface area (Å²) < 4.78 is 10.4. The van der Waals surface area contributed by atoms with Crippen molar-refractivity contribution >= 4 is 51.9 Å². The highest BCUT2D eigenvalue weighted by Crippen LogP contribution is 2.34. The number of furan rings is 1. The van der Waals surface area contributed by atoms with E-state index < -0.39 is 6.04 Å². The van der Waals surface area contributed by atoms with Crippen LogP contribution in [0.4, 0.5) is 11.4 Å². The fourth-order valence-corrected chi connectivity index (χ4v) is 4.68. The average molecular weight is 518 g/mol. The summed E-state index contributed by atoms with van der Waals surface area (Å²) in [5.41, 5.74) is 1.97. The number of nitrogens with zero attached hydrogens (tertiary/aromatic N) is 3. The standard InChI is InChI=1S/C26H23N5O5S/c1-35-17-10-8-16(9-11-17)28-23(33)15-37-26-30-20-7-3-2-6-19(20)24-29-21(25(34)31(24)26)13-22(32)27-14-18-5-4-12-36-18/h2-12,21H,13-15H2,1H3,(H,27,32)(H,28,33)/t21-/m0/s1. The van der Waals surface area contributed by atoms with Crippen LogP contribution in [0.15, 0.2) is 81.3 Å². The summed E-state index contributed by atoms with van der Waals surface area (Å²) >= 11 is 1.13. The van der Waals surface area contributed by atoms with E-state index in [0.717, 1.165) is 11.8 Å². The van der Waals surface area contributed by atoms with Crippen LogP contribution in [0.5, 0.6) is 5.75 Å². The van der Waals surface area contributed by atoms with E-state index in [4.69, 9.17) is 9.15 Å². The molecule has 0 aliphatic carbocycles. The van der Waals surface area contributed by atoms with Gasteiger partial charge in [0.05, 0.1) is 37.8 Å². The maximum Gasteiger partial charge on any atom is 0.259 e. The number of hydrogen-bond acceptors (Lipinski definition) is 8. The number of nitrogens with one attached hydrogen (secondary N) is 2. The Morgan fingerprint density at radius 1 is 1.08 bits per heavy atom. The number of thioether (sulfide) groups is 1. The van der Waals surface area contributed by atoms with E-state index in [-0.39, 0.29) is 36.4 Å². The number of aliphatic imine (C=N–C) groups is 2. The van der Waals surface area contributed by atoms with Gasteiger partial charge in [0.2, 0.25) is 11.8 Å². The maximum absolute atomic E-state index is 13.3. The SMILES string of the molecule is COc1ccc(NC(=O)CSC2=Nc3ccccc3C3=N[C@@H](CC(=O)NCc4ccco4)C(=O)N23)cc1. The number of anilines is 1. The molecule has 10 nitrogen and oxygen atoms in total. The van der Waals surface area contributed by atoms with Crippen molar-refractivity contribution < 1.29 is 23.5 Å². The van der Waals surface area contributed by atoms with E-state index in [0.29, 0.717) is 39.5 Å². The Kier molecular flexibility index (Phi) is 7.04. The van der Waals surface area contributed by atoms with Gasteiger partial charge >= 0.3 is 0 Å². The summed E-state index contributed by atoms with van der Waals surface area (Å²) in [6, 6.07) is 16.9. The third kappa shape index (κ3) is 5.41. The van der Waals surface area contributed by atoms with Crippen LogP contribution in [0.1, 0.15) is 17.7 Å². The topological polar surface area (TPSA) is 126 Å². The van der Waals surface area contributed by atoms with Crippen LogP contribution in [-0.4, -0.2) is 52.5 Å². The van der Waals surface area contributed by atoms with Crippen molar-refractivity contribution in [3.63, 3.8) is 0 Å². The lowest BCUT2D eigenvalue weighted by Crippen LogP contribution is -2.42. The molecule has 2 aliphatic heterocycles. The summed E-state index contributed by atoms with van der Waals surface area (Å²) in [4.78, 5) is 49.0. The summed E-state index contributed by atoms with van der Waals surface area (Å²) in [6.45, 7) is 0.224. The van der Waals surface area contributed by atoms with E-state index in [9.17, 15) is 14.4 Å². The van der Waals surface area contributed by atoms with E-state index in [1.54, 1.807) is 43.5 Å². The van der Waals surface area contributed by atoms with Crippen molar-refractivity contribution in [2.75, 3.05) is 18.2 Å². The lowest BCUT2D eigenvalue weighted by molar-refractivity contribution is -0.128. The first kappa shape index (κ1) is 24.3. The number of amidine groups is 2. The molecule has 11 heteroatoms. The Morgan fingerprint density at radius 3 is 2.65 bits per heavy atom. The molecule has 188 valence electrons. The maximum atomic E-state index is 13.3. The van der Waals surface area contributed by atoms with Gasteiger partial charge in [-0.1, -0.05) is 23.9 Å². The van der Waals surface area contributed by atoms with Gasteiger partial charge in [-0.3, -0.25) is 19.4 Å². The number of para-hydroxylation sites is 1. The van der Waals surface area contributed by atoms with Crippen LogP contribution in [0.2, 0.25) is 0 Å². The number of ether oxygens (including phenoxy) is 1. The fourth-order valence-electron chi connectivity index (χ4n) is 3.88. The van der Waals surface area contributed by atoms with E-state index >= 15 is 0 Å². The molecule has 37 heavy (non-hydrogen) atoms. The van der Waals surface area contributed by atoms with Crippen molar-refractivity contribution in [2.24, 2.45) is 9.98 Å². The predicted octanol–water partition coefficient (Wildman–Crippen LogP) is 3.33. The van der Waals surface area contributed by atoms with Gasteiger partial charge in [-0.25, -0.2) is 9.89 Å². The fraction of sp³-hybridized carbons (Fsp3) is 0.192. The van der Waals surface area contributed by atoms with E-state index in [1.807, 2.05) is 24.3 Å². The van der Waals surface area contributed by atoms with Gasteiger partial charge in [-0.15, -0.1) is 0 Å². The zero-order valence-corrected chi connectivity index (χ0v) is 20.7. The van der Waals surface area contributed by atoms with Gasteiger partial charge in [0.25, 0.3) is 5.91 Å². The van der Waals surface area contributed by atoms with Crippen molar-refractivity contribution in [3.05, 3.63) is 78.3 Å². The molecule has 0 saturated heterocycles. The molecular weight excluding hydrogens is 494 g/mol. The molecule has 1 aromatic heterocycles. The highest BCUT2D eigenvalue weighted by atomic mass is 32.2. The number of carbonyl (C=O) groups is 3. The molecule has 1 atom stereocenters. The second kappa shape index (κ2) is 10.7. The Labute approximate surface area is 216 Å². The highest BCUT2D eigenvalue weighted by Gasteiger charge is 2.42. The van der Waals surface area contributed by atoms with Gasteiger partial charge in [0.15, 0.2) is 5.17 Å². The van der Waals surface area contributed by atoms with Crippen LogP contribution >= 0.6 is 11.8 Å². The Morgan fingerprint density at radius 2 is 1.89 bits per heavy atom. The quantitative estimate of drug-likeness (QED) is 0.472. The molecule has 3 amide bonds. The second-order valence-electron chi connectivity index (χ2n) is 8.18. The third-order valence-electron chi connectivity index (χ3n) is 5.67. The van der Waals surface area contributed by atoms with Crippen LogP contribution in [0.25, 0.3) is 0 Å². The van der Waals surface area contributed by atoms with Gasteiger partial charge < -0.3 is 19.8 Å². The molecule has 0 saturated carbocycles. The van der Waals surface area contributed by atoms with Crippen molar-refractivity contribution in [1.29, 1.82) is 0 Å². The Balaban J connectivity index is 1.27. The summed E-state index contributed by atoms with van der Waals surface area (Å²) in [6.07, 6.45) is 1.41. The second-order valence-corrected chi connectivity index (χ2v) is 9.12. The summed E-state index contributed by atoms with van der Waals surface area (Å²) in [7, 11) is 1.57. The molecule has 2 N–H and O–H groups in total. The smallest absolute Gasteiger partial charge is 0.259 e. The van der Waals surface area contributed by atoms with Gasteiger partial charge in [-0.2, -0.15) is 0 Å². The summed E-state index contributed by atoms with van der Waals surface area (Å²) in [5, 5.41) is 5.90. The van der Waals surface area contributed by atoms with Crippen LogP contribution in [-0.2, 0) is 20.9 Å². The Hall–Kier alpha value is -4.38.